The molecule has 1 aromatic rings. The molecular weight excluding hydrogens is 332 g/mol. The Morgan fingerprint density at radius 1 is 1.32 bits per heavy atom. The summed E-state index contributed by atoms with van der Waals surface area (Å²) >= 11 is 1.68. The molecule has 1 amide bonds. The number of morpholine rings is 1. The standard InChI is InChI=1S/C20H32N2O2S/c1-16(2)11-19(22-7-9-24-10-8-22)13-21-20(23)15-25-14-18-6-4-5-17(3)12-18/h4-6,12,16,19H,7-11,13-15H2,1-3H3,(H,21,23). The average Bonchev–Trinajstić information content (AvgIpc) is 2.59. The summed E-state index contributed by atoms with van der Waals surface area (Å²) in [5, 5.41) is 3.14. The fraction of sp³-hybridized carbons (Fsp3) is 0.650. The Morgan fingerprint density at radius 3 is 2.76 bits per heavy atom. The summed E-state index contributed by atoms with van der Waals surface area (Å²) < 4.78 is 5.45. The molecule has 4 nitrogen and oxygen atoms in total. The lowest BCUT2D eigenvalue weighted by molar-refractivity contribution is -0.118. The predicted octanol–water partition coefficient (Wildman–Crippen LogP) is 3.09. The first-order valence-corrected chi connectivity index (χ1v) is 10.4. The van der Waals surface area contributed by atoms with E-state index in [1.165, 1.54) is 11.1 Å². The third-order valence-corrected chi connectivity index (χ3v) is 5.43. The summed E-state index contributed by atoms with van der Waals surface area (Å²) in [7, 11) is 0. The van der Waals surface area contributed by atoms with Gasteiger partial charge in [0.2, 0.25) is 5.91 Å². The molecule has 1 saturated heterocycles. The molecule has 0 saturated carbocycles. The maximum Gasteiger partial charge on any atom is 0.230 e. The van der Waals surface area contributed by atoms with Crippen LogP contribution in [-0.4, -0.2) is 55.4 Å². The number of ether oxygens (including phenoxy) is 1. The molecule has 0 spiro atoms. The number of carbonyl (C=O) groups excluding carboxylic acids is 1. The minimum absolute atomic E-state index is 0.139. The lowest BCUT2D eigenvalue weighted by atomic mass is 10.0. The fourth-order valence-electron chi connectivity index (χ4n) is 3.19. The van der Waals surface area contributed by atoms with Gasteiger partial charge in [0.25, 0.3) is 0 Å². The van der Waals surface area contributed by atoms with Crippen molar-refractivity contribution in [1.29, 1.82) is 0 Å². The summed E-state index contributed by atoms with van der Waals surface area (Å²) in [4.78, 5) is 14.7. The number of nitrogens with one attached hydrogen (secondary N) is 1. The van der Waals surface area contributed by atoms with Crippen LogP contribution in [-0.2, 0) is 15.3 Å². The van der Waals surface area contributed by atoms with Gasteiger partial charge in [-0.2, -0.15) is 0 Å². The van der Waals surface area contributed by atoms with Crippen molar-refractivity contribution in [2.45, 2.75) is 39.0 Å². The first-order valence-electron chi connectivity index (χ1n) is 9.26. The van der Waals surface area contributed by atoms with Gasteiger partial charge in [0.15, 0.2) is 0 Å². The highest BCUT2D eigenvalue weighted by Gasteiger charge is 2.22. The Balaban J connectivity index is 1.72. The van der Waals surface area contributed by atoms with E-state index >= 15 is 0 Å². The van der Waals surface area contributed by atoms with E-state index in [1.807, 2.05) is 0 Å². The van der Waals surface area contributed by atoms with E-state index in [4.69, 9.17) is 4.74 Å². The fourth-order valence-corrected chi connectivity index (χ4v) is 4.00. The number of hydrogen-bond donors (Lipinski definition) is 1. The molecule has 1 aromatic carbocycles. The molecule has 25 heavy (non-hydrogen) atoms. The van der Waals surface area contributed by atoms with Crippen molar-refractivity contribution in [3.8, 4) is 0 Å². The summed E-state index contributed by atoms with van der Waals surface area (Å²) in [6.07, 6.45) is 1.11. The van der Waals surface area contributed by atoms with Crippen molar-refractivity contribution >= 4 is 17.7 Å². The van der Waals surface area contributed by atoms with Gasteiger partial charge in [-0.1, -0.05) is 43.7 Å². The van der Waals surface area contributed by atoms with Crippen LogP contribution in [0.5, 0.6) is 0 Å². The monoisotopic (exact) mass is 364 g/mol. The second-order valence-corrected chi connectivity index (χ2v) is 8.20. The molecule has 1 N–H and O–H groups in total. The molecule has 0 radical (unpaired) electrons. The molecular formula is C20H32N2O2S. The minimum Gasteiger partial charge on any atom is -0.379 e. The molecule has 1 atom stereocenters. The van der Waals surface area contributed by atoms with Crippen molar-refractivity contribution in [2.75, 3.05) is 38.6 Å². The third-order valence-electron chi connectivity index (χ3n) is 4.42. The molecule has 140 valence electrons. The second-order valence-electron chi connectivity index (χ2n) is 7.22. The van der Waals surface area contributed by atoms with Gasteiger partial charge >= 0.3 is 0 Å². The van der Waals surface area contributed by atoms with Gasteiger partial charge in [0.1, 0.15) is 0 Å². The van der Waals surface area contributed by atoms with Crippen molar-refractivity contribution in [2.24, 2.45) is 5.92 Å². The van der Waals surface area contributed by atoms with E-state index in [2.05, 4.69) is 55.3 Å². The molecule has 1 aliphatic heterocycles. The molecule has 0 aromatic heterocycles. The predicted molar refractivity (Wildman–Crippen MR) is 106 cm³/mol. The zero-order valence-electron chi connectivity index (χ0n) is 15.8. The number of rotatable bonds is 9. The maximum absolute atomic E-state index is 12.2. The highest BCUT2D eigenvalue weighted by atomic mass is 32.2. The number of carbonyl (C=O) groups is 1. The molecule has 0 aliphatic carbocycles. The van der Waals surface area contributed by atoms with Gasteiger partial charge < -0.3 is 10.1 Å². The van der Waals surface area contributed by atoms with Crippen molar-refractivity contribution in [3.63, 3.8) is 0 Å². The lowest BCUT2D eigenvalue weighted by Crippen LogP contribution is -2.49. The van der Waals surface area contributed by atoms with Crippen LogP contribution in [0.4, 0.5) is 0 Å². The van der Waals surface area contributed by atoms with Crippen molar-refractivity contribution < 1.29 is 9.53 Å². The van der Waals surface area contributed by atoms with E-state index in [9.17, 15) is 4.79 Å². The topological polar surface area (TPSA) is 41.6 Å². The van der Waals surface area contributed by atoms with Gasteiger partial charge in [-0.25, -0.2) is 0 Å². The van der Waals surface area contributed by atoms with Crippen molar-refractivity contribution in [3.05, 3.63) is 35.4 Å². The summed E-state index contributed by atoms with van der Waals surface area (Å²) in [5.74, 6) is 2.17. The third kappa shape index (κ3) is 7.80. The molecule has 0 bridgehead atoms. The Labute approximate surface area is 156 Å². The summed E-state index contributed by atoms with van der Waals surface area (Å²) in [5.41, 5.74) is 2.55. The van der Waals surface area contributed by atoms with Crippen LogP contribution in [0.15, 0.2) is 24.3 Å². The van der Waals surface area contributed by atoms with E-state index in [-0.39, 0.29) is 5.91 Å². The highest BCUT2D eigenvalue weighted by molar-refractivity contribution is 7.99. The zero-order chi connectivity index (χ0) is 18.1. The van der Waals surface area contributed by atoms with E-state index in [0.29, 0.717) is 17.7 Å². The molecule has 1 unspecified atom stereocenters. The smallest absolute Gasteiger partial charge is 0.230 e. The van der Waals surface area contributed by atoms with Crippen LogP contribution in [0.2, 0.25) is 0 Å². The molecule has 2 rings (SSSR count). The Morgan fingerprint density at radius 2 is 2.08 bits per heavy atom. The van der Waals surface area contributed by atoms with Gasteiger partial charge in [-0.15, -0.1) is 11.8 Å². The largest absolute Gasteiger partial charge is 0.379 e. The van der Waals surface area contributed by atoms with Crippen LogP contribution in [0.3, 0.4) is 0 Å². The van der Waals surface area contributed by atoms with Crippen LogP contribution in [0.1, 0.15) is 31.4 Å². The quantitative estimate of drug-likeness (QED) is 0.731. The Bertz CT molecular complexity index is 530. The molecule has 5 heteroatoms. The number of aryl methyl sites for hydroxylation is 1. The lowest BCUT2D eigenvalue weighted by Gasteiger charge is -2.35. The zero-order valence-corrected chi connectivity index (χ0v) is 16.6. The normalized spacial score (nSPS) is 16.8. The van der Waals surface area contributed by atoms with E-state index in [0.717, 1.165) is 45.0 Å². The minimum atomic E-state index is 0.139. The van der Waals surface area contributed by atoms with E-state index < -0.39 is 0 Å². The average molecular weight is 365 g/mol. The van der Waals surface area contributed by atoms with Gasteiger partial charge in [0, 0.05) is 31.4 Å². The molecule has 1 fully saturated rings. The first kappa shape index (κ1) is 20.3. The molecule has 1 aliphatic rings. The van der Waals surface area contributed by atoms with Gasteiger partial charge in [0.05, 0.1) is 19.0 Å². The first-order chi connectivity index (χ1) is 12.0. The summed E-state index contributed by atoms with van der Waals surface area (Å²) in [6, 6.07) is 8.89. The maximum atomic E-state index is 12.2. The Hall–Kier alpha value is -1.04. The Kier molecular flexibility index (Phi) is 8.79. The van der Waals surface area contributed by atoms with Crippen LogP contribution >= 0.6 is 11.8 Å². The highest BCUT2D eigenvalue weighted by Crippen LogP contribution is 2.15. The number of benzene rings is 1. The van der Waals surface area contributed by atoms with Gasteiger partial charge in [-0.05, 0) is 24.8 Å². The second kappa shape index (κ2) is 10.8. The van der Waals surface area contributed by atoms with Crippen LogP contribution < -0.4 is 5.32 Å². The SMILES string of the molecule is Cc1cccc(CSCC(=O)NCC(CC(C)C)N2CCOCC2)c1. The number of thioether (sulfide) groups is 1. The van der Waals surface area contributed by atoms with Crippen molar-refractivity contribution in [1.82, 2.24) is 10.2 Å². The van der Waals surface area contributed by atoms with Gasteiger partial charge in [-0.3, -0.25) is 9.69 Å². The van der Waals surface area contributed by atoms with E-state index in [1.54, 1.807) is 11.8 Å². The number of amides is 1. The molecule has 1 heterocycles. The van der Waals surface area contributed by atoms with Crippen LogP contribution in [0.25, 0.3) is 0 Å². The summed E-state index contributed by atoms with van der Waals surface area (Å²) in [6.45, 7) is 10.9. The van der Waals surface area contributed by atoms with Crippen LogP contribution in [0, 0.1) is 12.8 Å². The number of hydrogen-bond acceptors (Lipinski definition) is 4. The number of nitrogens with zero attached hydrogens (tertiary/aromatic N) is 1.